The van der Waals surface area contributed by atoms with Crippen LogP contribution in [-0.4, -0.2) is 28.7 Å². The summed E-state index contributed by atoms with van der Waals surface area (Å²) in [4.78, 5) is 25.4. The molecular weight excluding hydrogens is 426 g/mol. The van der Waals surface area contributed by atoms with Crippen LogP contribution in [0, 0.1) is 0 Å². The van der Waals surface area contributed by atoms with Gasteiger partial charge in [-0.15, -0.1) is 11.8 Å². The summed E-state index contributed by atoms with van der Waals surface area (Å²) in [7, 11) is 0. The van der Waals surface area contributed by atoms with Crippen LogP contribution in [0.5, 0.6) is 5.75 Å². The first-order chi connectivity index (χ1) is 15.2. The van der Waals surface area contributed by atoms with E-state index in [1.54, 1.807) is 22.9 Å². The molecule has 4 aromatic rings. The van der Waals surface area contributed by atoms with E-state index < -0.39 is 0 Å². The van der Waals surface area contributed by atoms with Crippen molar-refractivity contribution in [3.05, 3.63) is 78.1 Å². The number of ether oxygens (including phenoxy) is 1. The molecule has 0 fully saturated rings. The molecule has 7 heteroatoms. The minimum atomic E-state index is -0.00774. The molecule has 5 nitrogen and oxygen atoms in total. The third-order valence-corrected chi connectivity index (χ3v) is 6.54. The number of aromatic nitrogens is 2. The Kier molecular flexibility index (Phi) is 6.84. The lowest BCUT2D eigenvalue weighted by Gasteiger charge is -2.19. The second-order valence-electron chi connectivity index (χ2n) is 6.88. The first-order valence-electron chi connectivity index (χ1n) is 10.0. The largest absolute Gasteiger partial charge is 0.494 e. The molecule has 0 radical (unpaired) electrons. The normalized spacial score (nSPS) is 10.9. The van der Waals surface area contributed by atoms with Gasteiger partial charge in [0.25, 0.3) is 0 Å². The maximum Gasteiger partial charge on any atom is 0.233 e. The average Bonchev–Trinajstić information content (AvgIpc) is 3.22. The number of thiazole rings is 1. The van der Waals surface area contributed by atoms with Gasteiger partial charge < -0.3 is 4.74 Å². The van der Waals surface area contributed by atoms with Crippen molar-refractivity contribution in [1.82, 2.24) is 9.97 Å². The summed E-state index contributed by atoms with van der Waals surface area (Å²) in [6.07, 6.45) is 4.09. The number of rotatable bonds is 8. The van der Waals surface area contributed by atoms with Gasteiger partial charge >= 0.3 is 0 Å². The highest BCUT2D eigenvalue weighted by Crippen LogP contribution is 2.32. The standard InChI is InChI=1S/C24H23N3O2S2/c1-3-29-19-9-12-21-22(15-19)31-24(26-21)27(16-18-6-4-5-13-25-18)23(28)14-17-7-10-20(30-2)11-8-17/h4-13,15H,3,14,16H2,1-2H3. The fourth-order valence-corrected chi connectivity index (χ4v) is 4.61. The predicted molar refractivity (Wildman–Crippen MR) is 128 cm³/mol. The number of amides is 1. The summed E-state index contributed by atoms with van der Waals surface area (Å²) >= 11 is 3.18. The molecule has 0 unspecified atom stereocenters. The summed E-state index contributed by atoms with van der Waals surface area (Å²) in [5, 5.41) is 0.667. The van der Waals surface area contributed by atoms with Crippen LogP contribution in [0.1, 0.15) is 18.2 Å². The molecule has 0 spiro atoms. The fourth-order valence-electron chi connectivity index (χ4n) is 3.19. The first kappa shape index (κ1) is 21.3. The van der Waals surface area contributed by atoms with Gasteiger partial charge in [-0.1, -0.05) is 29.5 Å². The number of carbonyl (C=O) groups is 1. The number of hydrogen-bond donors (Lipinski definition) is 0. The third kappa shape index (κ3) is 5.24. The number of anilines is 1. The molecular formula is C24H23N3O2S2. The average molecular weight is 450 g/mol. The van der Waals surface area contributed by atoms with Gasteiger partial charge in [0.2, 0.25) is 5.91 Å². The van der Waals surface area contributed by atoms with Crippen LogP contribution < -0.4 is 9.64 Å². The molecule has 31 heavy (non-hydrogen) atoms. The highest BCUT2D eigenvalue weighted by atomic mass is 32.2. The van der Waals surface area contributed by atoms with E-state index in [4.69, 9.17) is 9.72 Å². The number of thioether (sulfide) groups is 1. The number of hydrogen-bond acceptors (Lipinski definition) is 6. The van der Waals surface area contributed by atoms with Gasteiger partial charge in [-0.3, -0.25) is 14.7 Å². The Hall–Kier alpha value is -2.90. The SMILES string of the molecule is CCOc1ccc2nc(N(Cc3ccccn3)C(=O)Cc3ccc(SC)cc3)sc2c1. The van der Waals surface area contributed by atoms with Crippen molar-refractivity contribution in [2.75, 3.05) is 17.8 Å². The molecule has 4 rings (SSSR count). The van der Waals surface area contributed by atoms with E-state index in [1.807, 2.05) is 73.8 Å². The lowest BCUT2D eigenvalue weighted by atomic mass is 10.1. The van der Waals surface area contributed by atoms with Gasteiger partial charge in [0.05, 0.1) is 35.5 Å². The van der Waals surface area contributed by atoms with Crippen LogP contribution in [0.25, 0.3) is 10.2 Å². The number of pyridine rings is 1. The maximum atomic E-state index is 13.4. The zero-order valence-electron chi connectivity index (χ0n) is 17.4. The quantitative estimate of drug-likeness (QED) is 0.328. The smallest absolute Gasteiger partial charge is 0.233 e. The Morgan fingerprint density at radius 1 is 1.13 bits per heavy atom. The Balaban J connectivity index is 1.64. The van der Waals surface area contributed by atoms with Crippen LogP contribution in [0.3, 0.4) is 0 Å². The van der Waals surface area contributed by atoms with Crippen molar-refractivity contribution in [2.24, 2.45) is 0 Å². The van der Waals surface area contributed by atoms with Crippen LogP contribution in [0.2, 0.25) is 0 Å². The summed E-state index contributed by atoms with van der Waals surface area (Å²) in [6, 6.07) is 19.7. The lowest BCUT2D eigenvalue weighted by molar-refractivity contribution is -0.118. The molecule has 0 aliphatic carbocycles. The Morgan fingerprint density at radius 3 is 2.68 bits per heavy atom. The second kappa shape index (κ2) is 9.94. The number of fused-ring (bicyclic) bond motifs is 1. The number of nitrogens with zero attached hydrogens (tertiary/aromatic N) is 3. The van der Waals surface area contributed by atoms with Crippen molar-refractivity contribution in [3.63, 3.8) is 0 Å². The molecule has 0 N–H and O–H groups in total. The second-order valence-corrected chi connectivity index (χ2v) is 8.77. The van der Waals surface area contributed by atoms with Gasteiger partial charge in [0.1, 0.15) is 5.75 Å². The van der Waals surface area contributed by atoms with Crippen LogP contribution in [0.15, 0.2) is 71.8 Å². The summed E-state index contributed by atoms with van der Waals surface area (Å²) in [5.74, 6) is 0.799. The molecule has 158 valence electrons. The Bertz CT molecular complexity index is 1160. The molecule has 2 aromatic carbocycles. The molecule has 0 atom stereocenters. The first-order valence-corrected chi connectivity index (χ1v) is 12.1. The molecule has 2 heterocycles. The van der Waals surface area contributed by atoms with Crippen molar-refractivity contribution in [1.29, 1.82) is 0 Å². The van der Waals surface area contributed by atoms with Crippen LogP contribution in [-0.2, 0) is 17.8 Å². The highest BCUT2D eigenvalue weighted by Gasteiger charge is 2.21. The van der Waals surface area contributed by atoms with Crippen molar-refractivity contribution >= 4 is 44.4 Å². The highest BCUT2D eigenvalue weighted by molar-refractivity contribution is 7.98. The Labute approximate surface area is 190 Å². The van der Waals surface area contributed by atoms with Gasteiger partial charge in [0, 0.05) is 11.1 Å². The summed E-state index contributed by atoms with van der Waals surface area (Å²) in [6.45, 7) is 2.94. The van der Waals surface area contributed by atoms with Crippen LogP contribution >= 0.6 is 23.1 Å². The van der Waals surface area contributed by atoms with Crippen molar-refractivity contribution in [2.45, 2.75) is 24.8 Å². The van der Waals surface area contributed by atoms with Gasteiger partial charge in [-0.25, -0.2) is 4.98 Å². The van der Waals surface area contributed by atoms with Gasteiger partial charge in [-0.05, 0) is 61.2 Å². The Morgan fingerprint density at radius 2 is 1.97 bits per heavy atom. The van der Waals surface area contributed by atoms with E-state index in [-0.39, 0.29) is 5.91 Å². The van der Waals surface area contributed by atoms with E-state index in [1.165, 1.54) is 16.2 Å². The summed E-state index contributed by atoms with van der Waals surface area (Å²) < 4.78 is 6.60. The molecule has 0 saturated carbocycles. The predicted octanol–water partition coefficient (Wildman–Crippen LogP) is 5.59. The van der Waals surface area contributed by atoms with E-state index in [2.05, 4.69) is 4.98 Å². The maximum absolute atomic E-state index is 13.4. The zero-order chi connectivity index (χ0) is 21.6. The molecule has 1 amide bonds. The third-order valence-electron chi connectivity index (χ3n) is 4.75. The van der Waals surface area contributed by atoms with Crippen LogP contribution in [0.4, 0.5) is 5.13 Å². The number of carbonyl (C=O) groups excluding carboxylic acids is 1. The molecule has 0 saturated heterocycles. The molecule has 0 aliphatic rings. The van der Waals surface area contributed by atoms with E-state index in [9.17, 15) is 4.79 Å². The molecule has 0 aliphatic heterocycles. The van der Waals surface area contributed by atoms with E-state index in [0.717, 1.165) is 27.2 Å². The van der Waals surface area contributed by atoms with Crippen molar-refractivity contribution in [3.8, 4) is 5.75 Å². The zero-order valence-corrected chi connectivity index (χ0v) is 19.1. The molecule has 2 aromatic heterocycles. The van der Waals surface area contributed by atoms with Gasteiger partial charge in [-0.2, -0.15) is 0 Å². The topological polar surface area (TPSA) is 55.3 Å². The monoisotopic (exact) mass is 449 g/mol. The fraction of sp³-hybridized carbons (Fsp3) is 0.208. The van der Waals surface area contributed by atoms with Crippen molar-refractivity contribution < 1.29 is 9.53 Å². The minimum Gasteiger partial charge on any atom is -0.494 e. The van der Waals surface area contributed by atoms with E-state index >= 15 is 0 Å². The van der Waals surface area contributed by atoms with Gasteiger partial charge in [0.15, 0.2) is 5.13 Å². The minimum absolute atomic E-state index is 0.00774. The summed E-state index contributed by atoms with van der Waals surface area (Å²) in [5.41, 5.74) is 2.66. The lowest BCUT2D eigenvalue weighted by Crippen LogP contribution is -2.32. The number of benzene rings is 2. The van der Waals surface area contributed by atoms with E-state index in [0.29, 0.717) is 24.7 Å². The molecule has 0 bridgehead atoms.